The van der Waals surface area contributed by atoms with Gasteiger partial charge in [-0.1, -0.05) is 6.07 Å². The number of benzene rings is 1. The fourth-order valence-corrected chi connectivity index (χ4v) is 4.49. The lowest BCUT2D eigenvalue weighted by molar-refractivity contribution is 0.101. The van der Waals surface area contributed by atoms with E-state index < -0.39 is 40.8 Å². The van der Waals surface area contributed by atoms with Crippen molar-refractivity contribution in [2.24, 2.45) is 7.05 Å². The van der Waals surface area contributed by atoms with Crippen LogP contribution in [-0.4, -0.2) is 42.8 Å². The lowest BCUT2D eigenvalue weighted by Crippen LogP contribution is -2.44. The number of fused-ring (bicyclic) bond motifs is 1. The molecule has 0 saturated carbocycles. The lowest BCUT2D eigenvalue weighted by atomic mass is 10.1. The maximum absolute atomic E-state index is 12.9. The van der Waals surface area contributed by atoms with Gasteiger partial charge in [-0.3, -0.25) is 4.79 Å². The Kier molecular flexibility index (Phi) is 6.12. The Labute approximate surface area is 176 Å². The summed E-state index contributed by atoms with van der Waals surface area (Å²) in [7, 11) is -2.85. The standard InChI is InChI=1S/C19H18F2N4O5S/c1-10-3-4-12(5-11(10)7-22)23-19(27)17-18-15(8-25(17)2)31(28,29)24-13(9-30-18)14(26)6-16(20)21/h3-6,8,13-14,24,26H,9H2,1-2H3,(H,23,27)/t13-,14?/m1/s1. The summed E-state index contributed by atoms with van der Waals surface area (Å²) >= 11 is 0. The van der Waals surface area contributed by atoms with E-state index in [4.69, 9.17) is 10.00 Å². The number of nitrogens with one attached hydrogen (secondary N) is 2. The number of sulfonamides is 1. The molecule has 1 aliphatic rings. The number of aryl methyl sites for hydroxylation is 2. The SMILES string of the molecule is Cc1ccc(NC(=O)c2c3c(cn2C)S(=O)(=O)N[C@@H](C(O)C=C(F)F)CO3)cc1C#N. The van der Waals surface area contributed by atoms with E-state index in [1.165, 1.54) is 17.7 Å². The van der Waals surface area contributed by atoms with Crippen LogP contribution in [0.1, 0.15) is 21.6 Å². The number of hydrogen-bond acceptors (Lipinski definition) is 6. The largest absolute Gasteiger partial charge is 0.488 e. The van der Waals surface area contributed by atoms with Crippen molar-refractivity contribution in [3.05, 3.63) is 53.4 Å². The number of aliphatic hydroxyl groups is 1. The van der Waals surface area contributed by atoms with Crippen molar-refractivity contribution in [3.63, 3.8) is 0 Å². The molecule has 0 bridgehead atoms. The number of halogens is 2. The van der Waals surface area contributed by atoms with Crippen molar-refractivity contribution in [1.29, 1.82) is 5.26 Å². The Morgan fingerprint density at radius 1 is 1.48 bits per heavy atom. The smallest absolute Gasteiger partial charge is 0.276 e. The fraction of sp³-hybridized carbons (Fsp3) is 0.263. The topological polar surface area (TPSA) is 133 Å². The average molecular weight is 452 g/mol. The van der Waals surface area contributed by atoms with Gasteiger partial charge in [-0.05, 0) is 24.6 Å². The van der Waals surface area contributed by atoms with Gasteiger partial charge in [-0.25, -0.2) is 13.1 Å². The highest BCUT2D eigenvalue weighted by atomic mass is 32.2. The summed E-state index contributed by atoms with van der Waals surface area (Å²) in [6.45, 7) is 1.24. The van der Waals surface area contributed by atoms with Crippen molar-refractivity contribution < 1.29 is 31.8 Å². The number of amides is 1. The average Bonchev–Trinajstić information content (AvgIpc) is 2.96. The van der Waals surface area contributed by atoms with Crippen LogP contribution in [0.5, 0.6) is 5.75 Å². The highest BCUT2D eigenvalue weighted by Crippen LogP contribution is 2.33. The number of hydrogen-bond donors (Lipinski definition) is 3. The maximum Gasteiger partial charge on any atom is 0.276 e. The Bertz CT molecular complexity index is 1210. The first kappa shape index (κ1) is 22.4. The zero-order valence-corrected chi connectivity index (χ0v) is 17.2. The first-order valence-corrected chi connectivity index (χ1v) is 10.4. The Morgan fingerprint density at radius 2 is 2.19 bits per heavy atom. The van der Waals surface area contributed by atoms with E-state index >= 15 is 0 Å². The zero-order valence-electron chi connectivity index (χ0n) is 16.4. The minimum atomic E-state index is -4.29. The second-order valence-corrected chi connectivity index (χ2v) is 8.55. The van der Waals surface area contributed by atoms with Crippen molar-refractivity contribution in [2.75, 3.05) is 11.9 Å². The van der Waals surface area contributed by atoms with Gasteiger partial charge >= 0.3 is 0 Å². The first-order valence-electron chi connectivity index (χ1n) is 8.91. The van der Waals surface area contributed by atoms with Gasteiger partial charge in [0, 0.05) is 25.0 Å². The molecule has 1 aromatic heterocycles. The molecular weight excluding hydrogens is 434 g/mol. The maximum atomic E-state index is 12.9. The molecule has 1 amide bonds. The van der Waals surface area contributed by atoms with Gasteiger partial charge in [0.05, 0.1) is 23.8 Å². The summed E-state index contributed by atoms with van der Waals surface area (Å²) in [5, 5.41) is 21.6. The van der Waals surface area contributed by atoms with E-state index in [2.05, 4.69) is 10.0 Å². The van der Waals surface area contributed by atoms with Crippen LogP contribution in [0.15, 0.2) is 41.4 Å². The minimum absolute atomic E-state index is 0.137. The predicted octanol–water partition coefficient (Wildman–Crippen LogP) is 1.64. The van der Waals surface area contributed by atoms with Gasteiger partial charge in [0.1, 0.15) is 11.5 Å². The van der Waals surface area contributed by atoms with Crippen LogP contribution in [0, 0.1) is 18.3 Å². The van der Waals surface area contributed by atoms with E-state index in [1.807, 2.05) is 6.07 Å². The molecule has 12 heteroatoms. The number of aromatic nitrogens is 1. The summed E-state index contributed by atoms with van der Waals surface area (Å²) < 4.78 is 59.1. The van der Waals surface area contributed by atoms with Crippen molar-refractivity contribution in [1.82, 2.24) is 9.29 Å². The molecule has 0 spiro atoms. The van der Waals surface area contributed by atoms with Gasteiger partial charge < -0.3 is 19.7 Å². The summed E-state index contributed by atoms with van der Waals surface area (Å²) in [5.41, 5.74) is 1.25. The molecule has 31 heavy (non-hydrogen) atoms. The van der Waals surface area contributed by atoms with Crippen LogP contribution >= 0.6 is 0 Å². The third-order valence-corrected chi connectivity index (χ3v) is 6.13. The second kappa shape index (κ2) is 8.46. The summed E-state index contributed by atoms with van der Waals surface area (Å²) in [5.74, 6) is -0.986. The monoisotopic (exact) mass is 452 g/mol. The molecule has 0 saturated heterocycles. The van der Waals surface area contributed by atoms with E-state index in [1.54, 1.807) is 19.1 Å². The van der Waals surface area contributed by atoms with Crippen LogP contribution in [0.4, 0.5) is 14.5 Å². The first-order chi connectivity index (χ1) is 14.5. The molecule has 1 unspecified atom stereocenters. The van der Waals surface area contributed by atoms with Crippen LogP contribution in [0.25, 0.3) is 0 Å². The van der Waals surface area contributed by atoms with Gasteiger partial charge in [-0.15, -0.1) is 0 Å². The number of nitriles is 1. The van der Waals surface area contributed by atoms with Crippen molar-refractivity contribution in [2.45, 2.75) is 24.0 Å². The fourth-order valence-electron chi connectivity index (χ4n) is 3.06. The molecular formula is C19H18F2N4O5S. The van der Waals surface area contributed by atoms with E-state index in [9.17, 15) is 27.1 Å². The second-order valence-electron chi connectivity index (χ2n) is 6.86. The Hall–Kier alpha value is -3.27. The number of anilines is 1. The molecule has 1 aromatic carbocycles. The van der Waals surface area contributed by atoms with Crippen LogP contribution < -0.4 is 14.8 Å². The van der Waals surface area contributed by atoms with Crippen LogP contribution in [-0.2, 0) is 17.1 Å². The quantitative estimate of drug-likeness (QED) is 0.646. The summed E-state index contributed by atoms with van der Waals surface area (Å²) in [6.07, 6.45) is -2.68. The molecule has 9 nitrogen and oxygen atoms in total. The van der Waals surface area contributed by atoms with Gasteiger partial charge in [-0.2, -0.15) is 14.0 Å². The van der Waals surface area contributed by atoms with Gasteiger partial charge in [0.15, 0.2) is 11.4 Å². The van der Waals surface area contributed by atoms with Crippen LogP contribution in [0.3, 0.4) is 0 Å². The Balaban J connectivity index is 1.95. The third-order valence-electron chi connectivity index (χ3n) is 4.65. The molecule has 2 aromatic rings. The summed E-state index contributed by atoms with van der Waals surface area (Å²) in [4.78, 5) is 12.5. The Morgan fingerprint density at radius 3 is 2.84 bits per heavy atom. The van der Waals surface area contributed by atoms with E-state index in [0.29, 0.717) is 11.3 Å². The number of carbonyl (C=O) groups is 1. The number of rotatable bonds is 4. The van der Waals surface area contributed by atoms with E-state index in [0.717, 1.165) is 11.8 Å². The number of nitrogens with zero attached hydrogens (tertiary/aromatic N) is 2. The molecule has 3 rings (SSSR count). The highest BCUT2D eigenvalue weighted by Gasteiger charge is 2.36. The predicted molar refractivity (Wildman–Crippen MR) is 105 cm³/mol. The minimum Gasteiger partial charge on any atom is -0.488 e. The number of ether oxygens (including phenoxy) is 1. The molecule has 0 aliphatic carbocycles. The molecule has 1 aliphatic heterocycles. The molecule has 2 heterocycles. The van der Waals surface area contributed by atoms with Crippen molar-refractivity contribution in [3.8, 4) is 11.8 Å². The molecule has 0 radical (unpaired) electrons. The third kappa shape index (κ3) is 4.58. The zero-order chi connectivity index (χ0) is 22.9. The molecule has 3 N–H and O–H groups in total. The molecule has 164 valence electrons. The van der Waals surface area contributed by atoms with Gasteiger partial charge in [0.25, 0.3) is 12.0 Å². The van der Waals surface area contributed by atoms with Crippen LogP contribution in [0.2, 0.25) is 0 Å². The summed E-state index contributed by atoms with van der Waals surface area (Å²) in [6, 6.07) is 5.31. The molecule has 2 atom stereocenters. The highest BCUT2D eigenvalue weighted by molar-refractivity contribution is 7.89. The number of aliphatic hydroxyl groups excluding tert-OH is 1. The van der Waals surface area contributed by atoms with Crippen molar-refractivity contribution >= 4 is 21.6 Å². The van der Waals surface area contributed by atoms with E-state index in [-0.39, 0.29) is 22.4 Å². The molecule has 0 fully saturated rings. The normalized spacial score (nSPS) is 18.0. The number of carbonyl (C=O) groups excluding carboxylic acids is 1. The van der Waals surface area contributed by atoms with Gasteiger partial charge in [0.2, 0.25) is 10.0 Å². The lowest BCUT2D eigenvalue weighted by Gasteiger charge is -2.18.